The van der Waals surface area contributed by atoms with Gasteiger partial charge in [-0.25, -0.2) is 0 Å². The molecule has 1 rings (SSSR count). The lowest BCUT2D eigenvalue weighted by atomic mass is 9.95. The highest BCUT2D eigenvalue weighted by atomic mass is 15.1. The molecule has 0 spiro atoms. The number of hydrogen-bond donors (Lipinski definition) is 1. The smallest absolute Gasteiger partial charge is 0.0107 e. The van der Waals surface area contributed by atoms with Crippen molar-refractivity contribution in [1.29, 1.82) is 0 Å². The van der Waals surface area contributed by atoms with E-state index >= 15 is 0 Å². The Balaban J connectivity index is 2.28. The van der Waals surface area contributed by atoms with E-state index in [-0.39, 0.29) is 0 Å². The lowest BCUT2D eigenvalue weighted by Gasteiger charge is -2.27. The van der Waals surface area contributed by atoms with Gasteiger partial charge in [-0.1, -0.05) is 32.6 Å². The summed E-state index contributed by atoms with van der Waals surface area (Å²) in [5, 5.41) is 3.24. The molecular weight excluding hydrogens is 196 g/mol. The maximum absolute atomic E-state index is 3.24. The summed E-state index contributed by atoms with van der Waals surface area (Å²) in [6.07, 6.45) is 10.0. The Labute approximate surface area is 102 Å². The average molecular weight is 226 g/mol. The molecule has 0 aromatic heterocycles. The maximum atomic E-state index is 3.24. The van der Waals surface area contributed by atoms with Crippen molar-refractivity contribution in [3.63, 3.8) is 0 Å². The first kappa shape index (κ1) is 14.0. The van der Waals surface area contributed by atoms with Crippen molar-refractivity contribution in [1.82, 2.24) is 10.2 Å². The molecule has 0 heterocycles. The molecule has 2 nitrogen and oxygen atoms in total. The van der Waals surface area contributed by atoms with E-state index < -0.39 is 0 Å². The summed E-state index contributed by atoms with van der Waals surface area (Å²) in [6.45, 7) is 4.63. The standard InChI is InChI=1S/C14H30N2/c1-4-6-13-7-5-8-14(10-9-13)16(3)12-11-15-2/h13-15H,4-12H2,1-3H3. The van der Waals surface area contributed by atoms with Crippen LogP contribution in [0.15, 0.2) is 0 Å². The number of nitrogens with one attached hydrogen (secondary N) is 1. The van der Waals surface area contributed by atoms with Crippen molar-refractivity contribution in [2.75, 3.05) is 27.2 Å². The van der Waals surface area contributed by atoms with Crippen molar-refractivity contribution in [3.05, 3.63) is 0 Å². The highest BCUT2D eigenvalue weighted by Gasteiger charge is 2.20. The van der Waals surface area contributed by atoms with E-state index in [9.17, 15) is 0 Å². The molecule has 96 valence electrons. The van der Waals surface area contributed by atoms with Gasteiger partial charge in [-0.3, -0.25) is 0 Å². The highest BCUT2D eigenvalue weighted by molar-refractivity contribution is 4.76. The Bertz CT molecular complexity index is 170. The van der Waals surface area contributed by atoms with Gasteiger partial charge in [0.05, 0.1) is 0 Å². The van der Waals surface area contributed by atoms with Gasteiger partial charge in [0, 0.05) is 19.1 Å². The van der Waals surface area contributed by atoms with E-state index in [4.69, 9.17) is 0 Å². The molecule has 0 bridgehead atoms. The predicted molar refractivity (Wildman–Crippen MR) is 71.8 cm³/mol. The third-order valence-corrected chi connectivity index (χ3v) is 4.09. The summed E-state index contributed by atoms with van der Waals surface area (Å²) in [7, 11) is 4.33. The molecule has 0 radical (unpaired) electrons. The zero-order valence-electron chi connectivity index (χ0n) is 11.5. The number of likely N-dealkylation sites (N-methyl/N-ethyl adjacent to an activating group) is 2. The molecule has 0 aromatic carbocycles. The van der Waals surface area contributed by atoms with Gasteiger partial charge in [-0.05, 0) is 39.3 Å². The molecule has 1 saturated carbocycles. The summed E-state index contributed by atoms with van der Waals surface area (Å²) < 4.78 is 0. The average Bonchev–Trinajstić information content (AvgIpc) is 2.52. The minimum absolute atomic E-state index is 0.843. The van der Waals surface area contributed by atoms with Crippen molar-refractivity contribution in [3.8, 4) is 0 Å². The SMILES string of the molecule is CCCC1CCCC(N(C)CCNC)CC1. The second-order valence-electron chi connectivity index (χ2n) is 5.40. The van der Waals surface area contributed by atoms with Crippen LogP contribution < -0.4 is 5.32 Å². The van der Waals surface area contributed by atoms with E-state index in [0.29, 0.717) is 0 Å². The Morgan fingerprint density at radius 3 is 2.69 bits per heavy atom. The van der Waals surface area contributed by atoms with Gasteiger partial charge in [-0.15, -0.1) is 0 Å². The van der Waals surface area contributed by atoms with Crippen LogP contribution in [0.1, 0.15) is 51.9 Å². The molecule has 1 aliphatic rings. The molecule has 16 heavy (non-hydrogen) atoms. The maximum Gasteiger partial charge on any atom is 0.0107 e. The summed E-state index contributed by atoms with van der Waals surface area (Å²) in [6, 6.07) is 0.843. The predicted octanol–water partition coefficient (Wildman–Crippen LogP) is 2.89. The monoisotopic (exact) mass is 226 g/mol. The molecule has 0 aliphatic heterocycles. The summed E-state index contributed by atoms with van der Waals surface area (Å²) in [4.78, 5) is 2.56. The fourth-order valence-corrected chi connectivity index (χ4v) is 2.97. The molecule has 0 saturated heterocycles. The van der Waals surface area contributed by atoms with Gasteiger partial charge >= 0.3 is 0 Å². The van der Waals surface area contributed by atoms with Crippen molar-refractivity contribution in [2.24, 2.45) is 5.92 Å². The zero-order valence-corrected chi connectivity index (χ0v) is 11.5. The Morgan fingerprint density at radius 2 is 2.00 bits per heavy atom. The topological polar surface area (TPSA) is 15.3 Å². The van der Waals surface area contributed by atoms with Crippen LogP contribution in [-0.2, 0) is 0 Å². The van der Waals surface area contributed by atoms with Gasteiger partial charge in [0.1, 0.15) is 0 Å². The quantitative estimate of drug-likeness (QED) is 0.701. The van der Waals surface area contributed by atoms with Crippen molar-refractivity contribution in [2.45, 2.75) is 57.9 Å². The summed E-state index contributed by atoms with van der Waals surface area (Å²) >= 11 is 0. The molecule has 0 aromatic rings. The molecule has 2 heteroatoms. The Morgan fingerprint density at radius 1 is 1.19 bits per heavy atom. The number of hydrogen-bond acceptors (Lipinski definition) is 2. The summed E-state index contributed by atoms with van der Waals surface area (Å²) in [5.74, 6) is 1.02. The minimum Gasteiger partial charge on any atom is -0.318 e. The van der Waals surface area contributed by atoms with Gasteiger partial charge in [-0.2, -0.15) is 0 Å². The first-order chi connectivity index (χ1) is 7.77. The Kier molecular flexibility index (Phi) is 7.06. The largest absolute Gasteiger partial charge is 0.318 e. The molecule has 1 aliphatic carbocycles. The fraction of sp³-hybridized carbons (Fsp3) is 1.00. The van der Waals surface area contributed by atoms with Crippen LogP contribution in [0.4, 0.5) is 0 Å². The second-order valence-corrected chi connectivity index (χ2v) is 5.40. The van der Waals surface area contributed by atoms with Crippen LogP contribution in [0.5, 0.6) is 0 Å². The van der Waals surface area contributed by atoms with Crippen LogP contribution in [0.3, 0.4) is 0 Å². The van der Waals surface area contributed by atoms with E-state index in [1.165, 1.54) is 51.5 Å². The van der Waals surface area contributed by atoms with Crippen LogP contribution >= 0.6 is 0 Å². The zero-order chi connectivity index (χ0) is 11.8. The first-order valence-electron chi connectivity index (χ1n) is 7.12. The van der Waals surface area contributed by atoms with E-state index in [2.05, 4.69) is 24.2 Å². The number of nitrogens with zero attached hydrogens (tertiary/aromatic N) is 1. The van der Waals surface area contributed by atoms with Gasteiger partial charge < -0.3 is 10.2 Å². The van der Waals surface area contributed by atoms with Crippen molar-refractivity contribution < 1.29 is 0 Å². The minimum atomic E-state index is 0.843. The molecule has 1 fully saturated rings. The van der Waals surface area contributed by atoms with Crippen LogP contribution in [0.25, 0.3) is 0 Å². The van der Waals surface area contributed by atoms with Gasteiger partial charge in [0.2, 0.25) is 0 Å². The van der Waals surface area contributed by atoms with Crippen LogP contribution in [0, 0.1) is 5.92 Å². The third kappa shape index (κ3) is 4.84. The summed E-state index contributed by atoms with van der Waals surface area (Å²) in [5.41, 5.74) is 0. The highest BCUT2D eigenvalue weighted by Crippen LogP contribution is 2.28. The lowest BCUT2D eigenvalue weighted by molar-refractivity contribution is 0.220. The van der Waals surface area contributed by atoms with Crippen LogP contribution in [-0.4, -0.2) is 38.1 Å². The second kappa shape index (κ2) is 8.08. The number of rotatable bonds is 6. The normalized spacial score (nSPS) is 27.0. The molecule has 2 atom stereocenters. The third-order valence-electron chi connectivity index (χ3n) is 4.09. The Hall–Kier alpha value is -0.0800. The van der Waals surface area contributed by atoms with Gasteiger partial charge in [0.15, 0.2) is 0 Å². The van der Waals surface area contributed by atoms with E-state index in [1.54, 1.807) is 0 Å². The van der Waals surface area contributed by atoms with Crippen molar-refractivity contribution >= 4 is 0 Å². The van der Waals surface area contributed by atoms with E-state index in [0.717, 1.165) is 18.5 Å². The molecule has 0 amide bonds. The molecule has 2 unspecified atom stereocenters. The lowest BCUT2D eigenvalue weighted by Crippen LogP contribution is -2.36. The van der Waals surface area contributed by atoms with E-state index in [1.807, 2.05) is 7.05 Å². The molecule has 1 N–H and O–H groups in total. The van der Waals surface area contributed by atoms with Crippen LogP contribution in [0.2, 0.25) is 0 Å². The fourth-order valence-electron chi connectivity index (χ4n) is 2.97. The van der Waals surface area contributed by atoms with Gasteiger partial charge in [0.25, 0.3) is 0 Å². The molecular formula is C14H30N2. The first-order valence-corrected chi connectivity index (χ1v) is 7.12.